The Kier molecular flexibility index (Phi) is 10.2. The van der Waals surface area contributed by atoms with Gasteiger partial charge in [0.25, 0.3) is 0 Å². The van der Waals surface area contributed by atoms with Crippen molar-refractivity contribution in [2.75, 3.05) is 11.1 Å². The highest BCUT2D eigenvalue weighted by Crippen LogP contribution is 2.17. The van der Waals surface area contributed by atoms with Gasteiger partial charge in [-0.25, -0.2) is 0 Å². The van der Waals surface area contributed by atoms with Gasteiger partial charge in [-0.2, -0.15) is 0 Å². The Labute approximate surface area is 147 Å². The molecule has 130 valence electrons. The summed E-state index contributed by atoms with van der Waals surface area (Å²) in [6.45, 7) is 0.678. The van der Waals surface area contributed by atoms with Gasteiger partial charge >= 0.3 is 0 Å². The average molecular weight is 347 g/mol. The van der Waals surface area contributed by atoms with E-state index in [-0.39, 0.29) is 5.91 Å². The molecule has 2 rings (SSSR count). The zero-order valence-electron chi connectivity index (χ0n) is 13.7. The normalized spacial score (nSPS) is 9.71. The standard InChI is InChI=1S/C13H18N2O2.C5H7NS/c14-11-7-4-5-8-12(11)15-13(17)9-3-1-2-6-10-16;6-4-5-2-1-3-7-5/h4-5,7-8,10H,1-3,6,9,14H2,(H,15,17);1-3H,4,6H2. The topological polar surface area (TPSA) is 98.2 Å². The fraction of sp³-hybridized carbons (Fsp3) is 0.333. The summed E-state index contributed by atoms with van der Waals surface area (Å²) in [6, 6.07) is 11.2. The summed E-state index contributed by atoms with van der Waals surface area (Å²) in [5.74, 6) is -0.0333. The highest BCUT2D eigenvalue weighted by Gasteiger charge is 2.03. The Bertz CT molecular complexity index is 600. The van der Waals surface area contributed by atoms with Crippen molar-refractivity contribution in [2.24, 2.45) is 5.73 Å². The number of anilines is 2. The maximum atomic E-state index is 11.6. The molecule has 5 nitrogen and oxygen atoms in total. The Morgan fingerprint density at radius 3 is 2.50 bits per heavy atom. The van der Waals surface area contributed by atoms with Crippen LogP contribution in [0.3, 0.4) is 0 Å². The van der Waals surface area contributed by atoms with E-state index in [2.05, 4.69) is 5.32 Å². The number of nitrogen functional groups attached to an aromatic ring is 1. The van der Waals surface area contributed by atoms with Gasteiger partial charge < -0.3 is 21.6 Å². The van der Waals surface area contributed by atoms with Crippen LogP contribution in [0.4, 0.5) is 11.4 Å². The van der Waals surface area contributed by atoms with Gasteiger partial charge in [-0.1, -0.05) is 24.6 Å². The number of nitrogens with one attached hydrogen (secondary N) is 1. The molecule has 6 heteroatoms. The molecule has 0 bridgehead atoms. The second-order valence-corrected chi connectivity index (χ2v) is 6.22. The highest BCUT2D eigenvalue weighted by molar-refractivity contribution is 7.09. The van der Waals surface area contributed by atoms with Crippen LogP contribution in [0, 0.1) is 0 Å². The summed E-state index contributed by atoms with van der Waals surface area (Å²) in [5.41, 5.74) is 12.2. The van der Waals surface area contributed by atoms with Crippen molar-refractivity contribution in [1.29, 1.82) is 0 Å². The number of nitrogens with two attached hydrogens (primary N) is 2. The molecule has 1 aromatic heterocycles. The number of aldehydes is 1. The lowest BCUT2D eigenvalue weighted by atomic mass is 10.1. The van der Waals surface area contributed by atoms with E-state index in [1.165, 1.54) is 4.88 Å². The van der Waals surface area contributed by atoms with E-state index in [4.69, 9.17) is 11.5 Å². The molecule has 1 aromatic carbocycles. The molecule has 0 unspecified atom stereocenters. The number of carbonyl (C=O) groups excluding carboxylic acids is 2. The first kappa shape index (κ1) is 19.9. The molecule has 0 aliphatic rings. The lowest BCUT2D eigenvalue weighted by Crippen LogP contribution is -2.12. The molecule has 0 spiro atoms. The number of rotatable bonds is 8. The minimum Gasteiger partial charge on any atom is -0.397 e. The quantitative estimate of drug-likeness (QED) is 0.386. The zero-order chi connectivity index (χ0) is 17.6. The van der Waals surface area contributed by atoms with E-state index >= 15 is 0 Å². The van der Waals surface area contributed by atoms with Gasteiger partial charge in [-0.05, 0) is 36.4 Å². The zero-order valence-corrected chi connectivity index (χ0v) is 14.6. The monoisotopic (exact) mass is 347 g/mol. The molecule has 0 atom stereocenters. The van der Waals surface area contributed by atoms with Crippen LogP contribution in [0.1, 0.15) is 37.0 Å². The molecular weight excluding hydrogens is 322 g/mol. The van der Waals surface area contributed by atoms with Crippen LogP contribution in [-0.4, -0.2) is 12.2 Å². The van der Waals surface area contributed by atoms with Crippen LogP contribution in [0.15, 0.2) is 41.8 Å². The van der Waals surface area contributed by atoms with Crippen LogP contribution in [0.5, 0.6) is 0 Å². The predicted molar refractivity (Wildman–Crippen MR) is 101 cm³/mol. The molecule has 0 saturated carbocycles. The number of amides is 1. The third-order valence-corrected chi connectivity index (χ3v) is 4.14. The third kappa shape index (κ3) is 8.45. The van der Waals surface area contributed by atoms with Gasteiger partial charge in [-0.3, -0.25) is 4.79 Å². The molecular formula is C18H25N3O2S. The Balaban J connectivity index is 0.000000341. The van der Waals surface area contributed by atoms with E-state index in [0.717, 1.165) is 25.5 Å². The van der Waals surface area contributed by atoms with Crippen molar-refractivity contribution in [3.8, 4) is 0 Å². The number of hydrogen-bond donors (Lipinski definition) is 3. The lowest BCUT2D eigenvalue weighted by molar-refractivity contribution is -0.116. The van der Waals surface area contributed by atoms with E-state index in [1.807, 2.05) is 29.6 Å². The second kappa shape index (κ2) is 12.3. The number of hydrogen-bond acceptors (Lipinski definition) is 5. The molecule has 0 aliphatic heterocycles. The van der Waals surface area contributed by atoms with Crippen molar-refractivity contribution in [2.45, 2.75) is 38.6 Å². The first-order valence-corrected chi connectivity index (χ1v) is 8.85. The smallest absolute Gasteiger partial charge is 0.224 e. The molecule has 0 saturated heterocycles. The van der Waals surface area contributed by atoms with Crippen LogP contribution in [0.25, 0.3) is 0 Å². The van der Waals surface area contributed by atoms with E-state index in [1.54, 1.807) is 23.5 Å². The Morgan fingerprint density at radius 1 is 1.12 bits per heavy atom. The van der Waals surface area contributed by atoms with Crippen LogP contribution in [0.2, 0.25) is 0 Å². The van der Waals surface area contributed by atoms with Gasteiger partial charge in [0.15, 0.2) is 0 Å². The van der Waals surface area contributed by atoms with Crippen molar-refractivity contribution < 1.29 is 9.59 Å². The van der Waals surface area contributed by atoms with E-state index < -0.39 is 0 Å². The SMILES string of the molecule is NCc1cccs1.Nc1ccccc1NC(=O)CCCCCC=O. The van der Waals surface area contributed by atoms with Crippen molar-refractivity contribution >= 4 is 34.9 Å². The maximum Gasteiger partial charge on any atom is 0.224 e. The summed E-state index contributed by atoms with van der Waals surface area (Å²) in [5, 5.41) is 4.80. The minimum atomic E-state index is -0.0333. The summed E-state index contributed by atoms with van der Waals surface area (Å²) >= 11 is 1.70. The molecule has 2 aromatic rings. The maximum absolute atomic E-state index is 11.6. The van der Waals surface area contributed by atoms with Crippen LogP contribution >= 0.6 is 11.3 Å². The number of para-hydroxylation sites is 2. The van der Waals surface area contributed by atoms with Crippen molar-refractivity contribution in [3.63, 3.8) is 0 Å². The van der Waals surface area contributed by atoms with Crippen LogP contribution in [-0.2, 0) is 16.1 Å². The summed E-state index contributed by atoms with van der Waals surface area (Å²) < 4.78 is 0. The molecule has 0 radical (unpaired) electrons. The fourth-order valence-corrected chi connectivity index (χ4v) is 2.53. The first-order chi connectivity index (χ1) is 11.7. The largest absolute Gasteiger partial charge is 0.397 e. The van der Waals surface area contributed by atoms with Gasteiger partial charge in [0.1, 0.15) is 6.29 Å². The fourth-order valence-electron chi connectivity index (χ4n) is 1.94. The summed E-state index contributed by atoms with van der Waals surface area (Å²) in [6.07, 6.45) is 4.50. The number of carbonyl (C=O) groups is 2. The predicted octanol–water partition coefficient (Wildman–Crippen LogP) is 3.56. The van der Waals surface area contributed by atoms with Gasteiger partial charge in [0.05, 0.1) is 11.4 Å². The van der Waals surface area contributed by atoms with Crippen molar-refractivity contribution in [1.82, 2.24) is 0 Å². The van der Waals surface area contributed by atoms with Gasteiger partial charge in [-0.15, -0.1) is 11.3 Å². The Hall–Kier alpha value is -2.18. The summed E-state index contributed by atoms with van der Waals surface area (Å²) in [7, 11) is 0. The van der Waals surface area contributed by atoms with Gasteiger partial charge in [0.2, 0.25) is 5.91 Å². The summed E-state index contributed by atoms with van der Waals surface area (Å²) in [4.78, 5) is 22.9. The van der Waals surface area contributed by atoms with Crippen molar-refractivity contribution in [3.05, 3.63) is 46.7 Å². The van der Waals surface area contributed by atoms with Crippen LogP contribution < -0.4 is 16.8 Å². The molecule has 5 N–H and O–H groups in total. The first-order valence-electron chi connectivity index (χ1n) is 7.97. The molecule has 0 aliphatic carbocycles. The average Bonchev–Trinajstić information content (AvgIpc) is 3.11. The third-order valence-electron chi connectivity index (χ3n) is 3.24. The highest BCUT2D eigenvalue weighted by atomic mass is 32.1. The Morgan fingerprint density at radius 2 is 1.92 bits per heavy atom. The molecule has 0 fully saturated rings. The number of unbranched alkanes of at least 4 members (excludes halogenated alkanes) is 3. The second-order valence-electron chi connectivity index (χ2n) is 5.18. The number of thiophene rings is 1. The minimum absolute atomic E-state index is 0.0333. The number of benzene rings is 1. The molecule has 1 amide bonds. The molecule has 24 heavy (non-hydrogen) atoms. The van der Waals surface area contributed by atoms with E-state index in [0.29, 0.717) is 30.8 Å². The molecule has 1 heterocycles. The van der Waals surface area contributed by atoms with Gasteiger partial charge in [0, 0.05) is 24.3 Å². The van der Waals surface area contributed by atoms with E-state index in [9.17, 15) is 9.59 Å². The lowest BCUT2D eigenvalue weighted by Gasteiger charge is -2.07.